The highest BCUT2D eigenvalue weighted by atomic mass is 19.1. The maximum Gasteiger partial charge on any atom is 0.226 e. The van der Waals surface area contributed by atoms with Crippen molar-refractivity contribution >= 4 is 17.6 Å². The highest BCUT2D eigenvalue weighted by Crippen LogP contribution is 2.23. The molecule has 1 aliphatic rings. The topological polar surface area (TPSA) is 83.4 Å². The average Bonchev–Trinajstić information content (AvgIpc) is 3.22. The lowest BCUT2D eigenvalue weighted by Crippen LogP contribution is -2.28. The van der Waals surface area contributed by atoms with Gasteiger partial charge in [-0.2, -0.15) is 0 Å². The van der Waals surface area contributed by atoms with E-state index in [9.17, 15) is 9.18 Å². The SMILES string of the molecule is CC(C)CN(C)c1ncc(C2=NCc3cc(CC(=O)N[C@H](C)c4ccc(F)cc4)ncc32)cn1. The number of rotatable bonds is 8. The Morgan fingerprint density at radius 2 is 1.79 bits per heavy atom. The Morgan fingerprint density at radius 1 is 1.09 bits per heavy atom. The van der Waals surface area contributed by atoms with E-state index in [0.29, 0.717) is 24.1 Å². The van der Waals surface area contributed by atoms with E-state index >= 15 is 0 Å². The Balaban J connectivity index is 1.40. The molecule has 4 rings (SSSR count). The monoisotopic (exact) mass is 460 g/mol. The van der Waals surface area contributed by atoms with Crippen LogP contribution in [0.3, 0.4) is 0 Å². The fourth-order valence-electron chi connectivity index (χ4n) is 4.05. The van der Waals surface area contributed by atoms with Crippen LogP contribution in [0.1, 0.15) is 54.8 Å². The van der Waals surface area contributed by atoms with E-state index in [4.69, 9.17) is 0 Å². The van der Waals surface area contributed by atoms with E-state index in [1.54, 1.807) is 30.7 Å². The Hall–Kier alpha value is -3.68. The first-order chi connectivity index (χ1) is 16.3. The number of anilines is 1. The summed E-state index contributed by atoms with van der Waals surface area (Å²) in [6.07, 6.45) is 5.52. The lowest BCUT2D eigenvalue weighted by Gasteiger charge is -2.19. The Bertz CT molecular complexity index is 1190. The van der Waals surface area contributed by atoms with Crippen molar-refractivity contribution in [1.82, 2.24) is 20.3 Å². The van der Waals surface area contributed by atoms with Gasteiger partial charge < -0.3 is 10.2 Å². The number of benzene rings is 1. The fraction of sp³-hybridized carbons (Fsp3) is 0.346. The molecule has 0 radical (unpaired) electrons. The molecule has 176 valence electrons. The third-order valence-corrected chi connectivity index (χ3v) is 5.69. The average molecular weight is 461 g/mol. The van der Waals surface area contributed by atoms with Crippen molar-refractivity contribution in [3.05, 3.63) is 82.7 Å². The third kappa shape index (κ3) is 5.44. The van der Waals surface area contributed by atoms with Crippen LogP contribution in [0.15, 0.2) is 53.9 Å². The van der Waals surface area contributed by atoms with Crippen LogP contribution >= 0.6 is 0 Å². The number of hydrogen-bond acceptors (Lipinski definition) is 6. The number of carbonyl (C=O) groups is 1. The van der Waals surface area contributed by atoms with E-state index < -0.39 is 0 Å². The van der Waals surface area contributed by atoms with Gasteiger partial charge in [0.15, 0.2) is 0 Å². The minimum atomic E-state index is -0.299. The minimum absolute atomic E-state index is 0.141. The molecule has 1 N–H and O–H groups in total. The van der Waals surface area contributed by atoms with Crippen molar-refractivity contribution in [1.29, 1.82) is 0 Å². The molecule has 0 saturated carbocycles. The summed E-state index contributed by atoms with van der Waals surface area (Å²) >= 11 is 0. The van der Waals surface area contributed by atoms with Crippen LogP contribution in [0, 0.1) is 11.7 Å². The highest BCUT2D eigenvalue weighted by Gasteiger charge is 2.20. The van der Waals surface area contributed by atoms with Gasteiger partial charge in [0.05, 0.1) is 30.4 Å². The second-order valence-electron chi connectivity index (χ2n) is 9.06. The summed E-state index contributed by atoms with van der Waals surface area (Å²) in [5, 5.41) is 2.94. The van der Waals surface area contributed by atoms with Gasteiger partial charge in [-0.3, -0.25) is 14.8 Å². The zero-order valence-corrected chi connectivity index (χ0v) is 19.9. The van der Waals surface area contributed by atoms with Crippen molar-refractivity contribution in [2.45, 2.75) is 39.8 Å². The number of carbonyl (C=O) groups excluding carboxylic acids is 1. The summed E-state index contributed by atoms with van der Waals surface area (Å²) in [6, 6.07) is 7.83. The zero-order valence-electron chi connectivity index (χ0n) is 19.9. The van der Waals surface area contributed by atoms with Crippen molar-refractivity contribution in [2.75, 3.05) is 18.5 Å². The number of pyridine rings is 1. The predicted octanol–water partition coefficient (Wildman–Crippen LogP) is 3.87. The third-order valence-electron chi connectivity index (χ3n) is 5.69. The van der Waals surface area contributed by atoms with Crippen molar-refractivity contribution < 1.29 is 9.18 Å². The molecule has 0 unspecified atom stereocenters. The normalized spacial score (nSPS) is 13.4. The molecule has 3 heterocycles. The molecule has 2 aromatic heterocycles. The largest absolute Gasteiger partial charge is 0.349 e. The molecule has 1 atom stereocenters. The number of aliphatic imine (C=N–C) groups is 1. The predicted molar refractivity (Wildman–Crippen MR) is 130 cm³/mol. The van der Waals surface area contributed by atoms with Crippen molar-refractivity contribution in [2.24, 2.45) is 10.9 Å². The van der Waals surface area contributed by atoms with Gasteiger partial charge in [-0.1, -0.05) is 26.0 Å². The van der Waals surface area contributed by atoms with Gasteiger partial charge in [-0.05, 0) is 42.2 Å². The van der Waals surface area contributed by atoms with Crippen LogP contribution in [0.4, 0.5) is 10.3 Å². The lowest BCUT2D eigenvalue weighted by molar-refractivity contribution is -0.121. The number of aromatic nitrogens is 3. The van der Waals surface area contributed by atoms with E-state index in [2.05, 4.69) is 39.1 Å². The second-order valence-corrected chi connectivity index (χ2v) is 9.06. The minimum Gasteiger partial charge on any atom is -0.349 e. The van der Waals surface area contributed by atoms with Crippen LogP contribution in [0.25, 0.3) is 0 Å². The molecule has 0 saturated heterocycles. The fourth-order valence-corrected chi connectivity index (χ4v) is 4.05. The summed E-state index contributed by atoms with van der Waals surface area (Å²) in [7, 11) is 1.99. The summed E-state index contributed by atoms with van der Waals surface area (Å²) in [4.78, 5) is 32.7. The quantitative estimate of drug-likeness (QED) is 0.552. The molecular weight excluding hydrogens is 431 g/mol. The molecule has 0 spiro atoms. The smallest absolute Gasteiger partial charge is 0.226 e. The number of nitrogens with zero attached hydrogens (tertiary/aromatic N) is 5. The van der Waals surface area contributed by atoms with E-state index in [1.807, 2.05) is 24.9 Å². The zero-order chi connectivity index (χ0) is 24.2. The maximum absolute atomic E-state index is 13.1. The first-order valence-corrected chi connectivity index (χ1v) is 11.4. The van der Waals surface area contributed by atoms with Crippen LogP contribution in [-0.4, -0.2) is 40.2 Å². The Kier molecular flexibility index (Phi) is 6.95. The van der Waals surface area contributed by atoms with Gasteiger partial charge in [0, 0.05) is 43.3 Å². The molecule has 0 bridgehead atoms. The lowest BCUT2D eigenvalue weighted by atomic mass is 10.0. The van der Waals surface area contributed by atoms with E-state index in [0.717, 1.165) is 34.5 Å². The summed E-state index contributed by atoms with van der Waals surface area (Å²) < 4.78 is 13.1. The molecular formula is C26H29FN6O. The van der Waals surface area contributed by atoms with Crippen molar-refractivity contribution in [3.63, 3.8) is 0 Å². The molecule has 1 aliphatic heterocycles. The molecule has 34 heavy (non-hydrogen) atoms. The number of nitrogens with one attached hydrogen (secondary N) is 1. The van der Waals surface area contributed by atoms with E-state index in [1.165, 1.54) is 12.1 Å². The van der Waals surface area contributed by atoms with Gasteiger partial charge in [0.25, 0.3) is 0 Å². The first kappa shape index (κ1) is 23.5. The Morgan fingerprint density at radius 3 is 2.47 bits per heavy atom. The number of fused-ring (bicyclic) bond motifs is 1. The van der Waals surface area contributed by atoms with Gasteiger partial charge >= 0.3 is 0 Å². The standard InChI is InChI=1S/C26H29FN6O/c1-16(2)15-33(4)26-30-12-20(13-31-26)25-23-14-28-22(9-19(23)11-29-25)10-24(34)32-17(3)18-5-7-21(27)8-6-18/h5-9,12-14,16-17H,10-11,15H2,1-4H3,(H,32,34)/t17-/m1/s1. The summed E-state index contributed by atoms with van der Waals surface area (Å²) in [5.74, 6) is 0.767. The molecule has 0 fully saturated rings. The Labute approximate surface area is 199 Å². The molecule has 1 amide bonds. The van der Waals surface area contributed by atoms with Crippen molar-refractivity contribution in [3.8, 4) is 0 Å². The van der Waals surface area contributed by atoms with Gasteiger partial charge in [0.1, 0.15) is 5.82 Å². The maximum atomic E-state index is 13.1. The van der Waals surface area contributed by atoms with Crippen LogP contribution < -0.4 is 10.2 Å². The number of amides is 1. The molecule has 1 aromatic carbocycles. The van der Waals surface area contributed by atoms with Crippen LogP contribution in [0.2, 0.25) is 0 Å². The molecule has 7 nitrogen and oxygen atoms in total. The van der Waals surface area contributed by atoms with E-state index in [-0.39, 0.29) is 24.2 Å². The second kappa shape index (κ2) is 10.1. The summed E-state index contributed by atoms with van der Waals surface area (Å²) in [6.45, 7) is 7.60. The van der Waals surface area contributed by atoms with Crippen LogP contribution in [-0.2, 0) is 17.8 Å². The van der Waals surface area contributed by atoms with Gasteiger partial charge in [0.2, 0.25) is 11.9 Å². The van der Waals surface area contributed by atoms with Gasteiger partial charge in [-0.25, -0.2) is 14.4 Å². The molecule has 0 aliphatic carbocycles. The molecule has 8 heteroatoms. The van der Waals surface area contributed by atoms with Gasteiger partial charge in [-0.15, -0.1) is 0 Å². The summed E-state index contributed by atoms with van der Waals surface area (Å²) in [5.41, 5.74) is 5.16. The molecule has 3 aromatic rings. The number of halogens is 1. The first-order valence-electron chi connectivity index (χ1n) is 11.4. The van der Waals surface area contributed by atoms with Crippen LogP contribution in [0.5, 0.6) is 0 Å². The number of hydrogen-bond donors (Lipinski definition) is 1. The highest BCUT2D eigenvalue weighted by molar-refractivity contribution is 6.14.